The number of benzene rings is 1. The van der Waals surface area contributed by atoms with Crippen LogP contribution in [-0.2, 0) is 19.1 Å². The molecule has 0 radical (unpaired) electrons. The van der Waals surface area contributed by atoms with E-state index in [1.54, 1.807) is 24.3 Å². The van der Waals surface area contributed by atoms with E-state index in [-0.39, 0.29) is 5.71 Å². The summed E-state index contributed by atoms with van der Waals surface area (Å²) in [5.74, 6) is -2.57. The fraction of sp³-hybridized carbons (Fsp3) is 0.231. The van der Waals surface area contributed by atoms with Crippen molar-refractivity contribution >= 4 is 45.1 Å². The molecule has 0 spiro atoms. The number of imide groups is 1. The van der Waals surface area contributed by atoms with Gasteiger partial charge in [-0.25, -0.2) is 9.69 Å². The van der Waals surface area contributed by atoms with Crippen molar-refractivity contribution in [3.63, 3.8) is 0 Å². The van der Waals surface area contributed by atoms with E-state index in [0.29, 0.717) is 5.69 Å². The molecule has 0 bridgehead atoms. The maximum atomic E-state index is 12.5. The molecule has 2 atom stereocenters. The number of anilines is 1. The van der Waals surface area contributed by atoms with Gasteiger partial charge >= 0.3 is 5.97 Å². The van der Waals surface area contributed by atoms with Crippen LogP contribution in [0.1, 0.15) is 0 Å². The Morgan fingerprint density at radius 1 is 1.29 bits per heavy atom. The molecule has 0 aliphatic carbocycles. The van der Waals surface area contributed by atoms with Gasteiger partial charge < -0.3 is 4.74 Å². The Hall–Kier alpha value is -2.22. The van der Waals surface area contributed by atoms with Crippen LogP contribution in [0.2, 0.25) is 0 Å². The summed E-state index contributed by atoms with van der Waals surface area (Å²) >= 11 is 3.29. The number of hydrogen-bond donors (Lipinski definition) is 1. The second kappa shape index (κ2) is 4.96. The Balaban J connectivity index is 1.95. The SMILES string of the molecule is COC(=O)C1=NN[C@H]2C(=O)N(c3ccc(Br)cc3)C(=O)[C@@H]12. The van der Waals surface area contributed by atoms with E-state index in [0.717, 1.165) is 9.37 Å². The van der Waals surface area contributed by atoms with Crippen LogP contribution in [0.15, 0.2) is 33.8 Å². The third kappa shape index (κ3) is 2.02. The molecular weight excluding hydrogens is 342 g/mol. The van der Waals surface area contributed by atoms with Crippen molar-refractivity contribution in [2.24, 2.45) is 11.0 Å². The van der Waals surface area contributed by atoms with Crippen LogP contribution in [0.4, 0.5) is 5.69 Å². The van der Waals surface area contributed by atoms with Gasteiger partial charge in [0.1, 0.15) is 12.0 Å². The lowest BCUT2D eigenvalue weighted by Gasteiger charge is -2.15. The minimum atomic E-state index is -0.936. The van der Waals surface area contributed by atoms with Gasteiger partial charge in [0.2, 0.25) is 5.91 Å². The number of rotatable bonds is 2. The van der Waals surface area contributed by atoms with Gasteiger partial charge in [0.05, 0.1) is 12.8 Å². The normalized spacial score (nSPS) is 23.7. The number of esters is 1. The highest BCUT2D eigenvalue weighted by Crippen LogP contribution is 2.31. The molecule has 2 heterocycles. The largest absolute Gasteiger partial charge is 0.464 e. The van der Waals surface area contributed by atoms with Crippen molar-refractivity contribution in [1.82, 2.24) is 5.43 Å². The van der Waals surface area contributed by atoms with Crippen LogP contribution in [0.25, 0.3) is 0 Å². The first-order valence-corrected chi connectivity index (χ1v) is 6.88. The molecule has 2 aliphatic heterocycles. The molecule has 3 rings (SSSR count). The van der Waals surface area contributed by atoms with Crippen LogP contribution >= 0.6 is 15.9 Å². The quantitative estimate of drug-likeness (QED) is 0.616. The number of nitrogens with zero attached hydrogens (tertiary/aromatic N) is 2. The summed E-state index contributed by atoms with van der Waals surface area (Å²) < 4.78 is 5.42. The number of hydrogen-bond acceptors (Lipinski definition) is 6. The molecule has 1 aromatic rings. The third-order valence-corrected chi connectivity index (χ3v) is 3.93. The van der Waals surface area contributed by atoms with Crippen LogP contribution in [0, 0.1) is 5.92 Å². The molecule has 2 amide bonds. The van der Waals surface area contributed by atoms with E-state index in [1.807, 2.05) is 0 Å². The minimum Gasteiger partial charge on any atom is -0.464 e. The summed E-state index contributed by atoms with van der Waals surface area (Å²) in [6.45, 7) is 0. The smallest absolute Gasteiger partial charge is 0.355 e. The lowest BCUT2D eigenvalue weighted by atomic mass is 9.99. The molecule has 1 N–H and O–H groups in total. The monoisotopic (exact) mass is 351 g/mol. The zero-order valence-electron chi connectivity index (χ0n) is 10.9. The summed E-state index contributed by atoms with van der Waals surface area (Å²) in [6.07, 6.45) is 0. The fourth-order valence-electron chi connectivity index (χ4n) is 2.41. The zero-order valence-corrected chi connectivity index (χ0v) is 12.5. The predicted octanol–water partition coefficient (Wildman–Crippen LogP) is 0.439. The standard InChI is InChI=1S/C13H10BrN3O4/c1-21-13(20)10-8-9(15-16-10)12(19)17(11(8)18)7-4-2-6(14)3-5-7/h2-5,8-9,15H,1H3/t8-,9-/m1/s1. The van der Waals surface area contributed by atoms with Crippen molar-refractivity contribution in [3.05, 3.63) is 28.7 Å². The van der Waals surface area contributed by atoms with Crippen molar-refractivity contribution in [1.29, 1.82) is 0 Å². The molecule has 1 fully saturated rings. The van der Waals surface area contributed by atoms with E-state index >= 15 is 0 Å². The molecule has 1 saturated heterocycles. The maximum absolute atomic E-state index is 12.5. The number of carbonyl (C=O) groups excluding carboxylic acids is 3. The predicted molar refractivity (Wildman–Crippen MR) is 76.5 cm³/mol. The summed E-state index contributed by atoms with van der Waals surface area (Å²) in [7, 11) is 1.20. The van der Waals surface area contributed by atoms with Gasteiger partial charge in [0.15, 0.2) is 5.71 Å². The van der Waals surface area contributed by atoms with Gasteiger partial charge in [-0.05, 0) is 24.3 Å². The van der Waals surface area contributed by atoms with Crippen LogP contribution in [0.5, 0.6) is 0 Å². The highest BCUT2D eigenvalue weighted by Gasteiger charge is 2.55. The van der Waals surface area contributed by atoms with Crippen molar-refractivity contribution in [2.45, 2.75) is 6.04 Å². The topological polar surface area (TPSA) is 88.1 Å². The molecule has 108 valence electrons. The van der Waals surface area contributed by atoms with Crippen molar-refractivity contribution in [2.75, 3.05) is 12.0 Å². The van der Waals surface area contributed by atoms with Gasteiger partial charge in [-0.2, -0.15) is 5.10 Å². The van der Waals surface area contributed by atoms with Crippen LogP contribution in [-0.4, -0.2) is 36.6 Å². The second-order valence-electron chi connectivity index (χ2n) is 4.56. The fourth-order valence-corrected chi connectivity index (χ4v) is 2.67. The van der Waals surface area contributed by atoms with Crippen molar-refractivity contribution in [3.8, 4) is 0 Å². The van der Waals surface area contributed by atoms with E-state index < -0.39 is 29.7 Å². The zero-order chi connectivity index (χ0) is 15.1. The average molecular weight is 352 g/mol. The second-order valence-corrected chi connectivity index (χ2v) is 5.48. The Labute approximate surface area is 128 Å². The number of amides is 2. The Bertz CT molecular complexity index is 670. The number of halogens is 1. The number of nitrogens with one attached hydrogen (secondary N) is 1. The van der Waals surface area contributed by atoms with Crippen LogP contribution < -0.4 is 10.3 Å². The molecule has 21 heavy (non-hydrogen) atoms. The molecule has 0 aromatic heterocycles. The van der Waals surface area contributed by atoms with Gasteiger partial charge in [-0.3, -0.25) is 15.0 Å². The molecule has 8 heteroatoms. The van der Waals surface area contributed by atoms with E-state index in [1.165, 1.54) is 7.11 Å². The Morgan fingerprint density at radius 3 is 2.57 bits per heavy atom. The number of ether oxygens (including phenoxy) is 1. The van der Waals surface area contributed by atoms with Gasteiger partial charge in [0, 0.05) is 4.47 Å². The minimum absolute atomic E-state index is 0.0690. The van der Waals surface area contributed by atoms with Gasteiger partial charge in [-0.1, -0.05) is 15.9 Å². The summed E-state index contributed by atoms with van der Waals surface area (Å²) in [5, 5.41) is 3.75. The number of fused-ring (bicyclic) bond motifs is 1. The molecule has 7 nitrogen and oxygen atoms in total. The number of methoxy groups -OCH3 is 1. The lowest BCUT2D eigenvalue weighted by Crippen LogP contribution is -2.36. The van der Waals surface area contributed by atoms with E-state index in [2.05, 4.69) is 31.2 Å². The van der Waals surface area contributed by atoms with E-state index in [4.69, 9.17) is 0 Å². The highest BCUT2D eigenvalue weighted by atomic mass is 79.9. The van der Waals surface area contributed by atoms with E-state index in [9.17, 15) is 14.4 Å². The lowest BCUT2D eigenvalue weighted by molar-refractivity contribution is -0.133. The summed E-state index contributed by atoms with van der Waals surface area (Å²) in [6, 6.07) is 5.90. The van der Waals surface area contributed by atoms with Gasteiger partial charge in [0.25, 0.3) is 5.91 Å². The summed E-state index contributed by atoms with van der Waals surface area (Å²) in [5.41, 5.74) is 2.92. The Morgan fingerprint density at radius 2 is 1.95 bits per heavy atom. The first-order valence-electron chi connectivity index (χ1n) is 6.09. The van der Waals surface area contributed by atoms with Crippen molar-refractivity contribution < 1.29 is 19.1 Å². The first-order chi connectivity index (χ1) is 10.0. The molecule has 0 unspecified atom stereocenters. The molecule has 0 saturated carbocycles. The average Bonchev–Trinajstić information content (AvgIpc) is 3.01. The van der Waals surface area contributed by atoms with Gasteiger partial charge in [-0.15, -0.1) is 0 Å². The van der Waals surface area contributed by atoms with Crippen LogP contribution in [0.3, 0.4) is 0 Å². The third-order valence-electron chi connectivity index (χ3n) is 3.40. The number of hydrazone groups is 1. The molecule has 1 aromatic carbocycles. The number of carbonyl (C=O) groups is 3. The Kier molecular flexibility index (Phi) is 3.25. The highest BCUT2D eigenvalue weighted by molar-refractivity contribution is 9.10. The maximum Gasteiger partial charge on any atom is 0.355 e. The molecule has 2 aliphatic rings. The summed E-state index contributed by atoms with van der Waals surface area (Å²) in [4.78, 5) is 37.5. The molecular formula is C13H10BrN3O4. The first kappa shape index (κ1) is 13.7.